The number of rotatable bonds is 3. The molecule has 0 aliphatic carbocycles. The number of halogens is 1. The molecule has 0 unspecified atom stereocenters. The third kappa shape index (κ3) is 3.00. The molecule has 0 radical (unpaired) electrons. The predicted molar refractivity (Wildman–Crippen MR) is 91.3 cm³/mol. The fourth-order valence-corrected chi connectivity index (χ4v) is 2.62. The van der Waals surface area contributed by atoms with Gasteiger partial charge in [0.25, 0.3) is 11.8 Å². The molecule has 24 heavy (non-hydrogen) atoms. The van der Waals surface area contributed by atoms with E-state index in [-0.39, 0.29) is 18.4 Å². The molecule has 2 amide bonds. The van der Waals surface area contributed by atoms with Crippen LogP contribution in [0.2, 0.25) is 5.02 Å². The molecule has 3 rings (SSSR count). The molecule has 0 bridgehead atoms. The van der Waals surface area contributed by atoms with Gasteiger partial charge in [-0.05, 0) is 36.4 Å². The van der Waals surface area contributed by atoms with Gasteiger partial charge < -0.3 is 19.7 Å². The number of ether oxygens (including phenoxy) is 2. The zero-order valence-electron chi connectivity index (χ0n) is 13.1. The molecule has 124 valence electrons. The molecular weight excluding hydrogens is 332 g/mol. The van der Waals surface area contributed by atoms with Crippen LogP contribution >= 0.6 is 11.6 Å². The Labute approximate surface area is 143 Å². The first-order valence-electron chi connectivity index (χ1n) is 7.18. The van der Waals surface area contributed by atoms with Gasteiger partial charge in [-0.25, -0.2) is 0 Å². The van der Waals surface area contributed by atoms with E-state index < -0.39 is 0 Å². The van der Waals surface area contributed by atoms with Crippen LogP contribution in [0, 0.1) is 0 Å². The fraction of sp³-hybridized carbons (Fsp3) is 0.176. The smallest absolute Gasteiger partial charge is 0.264 e. The van der Waals surface area contributed by atoms with Crippen molar-refractivity contribution in [3.8, 4) is 11.5 Å². The summed E-state index contributed by atoms with van der Waals surface area (Å²) in [5.41, 5.74) is 1.56. The van der Waals surface area contributed by atoms with Crippen LogP contribution in [0.25, 0.3) is 0 Å². The summed E-state index contributed by atoms with van der Waals surface area (Å²) >= 11 is 6.04. The summed E-state index contributed by atoms with van der Waals surface area (Å²) in [5, 5.41) is 3.13. The molecule has 2 aromatic rings. The van der Waals surface area contributed by atoms with Crippen LogP contribution in [0.3, 0.4) is 0 Å². The maximum absolute atomic E-state index is 12.4. The van der Waals surface area contributed by atoms with E-state index in [1.54, 1.807) is 37.4 Å². The Kier molecular flexibility index (Phi) is 4.31. The summed E-state index contributed by atoms with van der Waals surface area (Å²) in [4.78, 5) is 25.6. The third-order valence-corrected chi connectivity index (χ3v) is 4.01. The maximum Gasteiger partial charge on any atom is 0.264 e. The highest BCUT2D eigenvalue weighted by atomic mass is 35.5. The lowest BCUT2D eigenvalue weighted by Crippen LogP contribution is -2.35. The Bertz CT molecular complexity index is 822. The van der Waals surface area contributed by atoms with E-state index in [9.17, 15) is 9.59 Å². The second-order valence-electron chi connectivity index (χ2n) is 5.23. The number of hydrogen-bond donors (Lipinski definition) is 1. The molecule has 1 N–H and O–H groups in total. The van der Waals surface area contributed by atoms with E-state index in [0.29, 0.717) is 33.5 Å². The summed E-state index contributed by atoms with van der Waals surface area (Å²) in [6, 6.07) is 9.91. The van der Waals surface area contributed by atoms with Gasteiger partial charge in [0, 0.05) is 18.3 Å². The highest BCUT2D eigenvalue weighted by Crippen LogP contribution is 2.34. The van der Waals surface area contributed by atoms with Crippen molar-refractivity contribution < 1.29 is 19.1 Å². The minimum absolute atomic E-state index is 0.0134. The van der Waals surface area contributed by atoms with E-state index in [4.69, 9.17) is 21.1 Å². The Hall–Kier alpha value is -2.73. The zero-order valence-corrected chi connectivity index (χ0v) is 13.9. The van der Waals surface area contributed by atoms with E-state index in [2.05, 4.69) is 5.32 Å². The van der Waals surface area contributed by atoms with Crippen molar-refractivity contribution in [1.29, 1.82) is 0 Å². The molecule has 1 heterocycles. The Morgan fingerprint density at radius 2 is 2.08 bits per heavy atom. The van der Waals surface area contributed by atoms with Crippen molar-refractivity contribution in [3.63, 3.8) is 0 Å². The van der Waals surface area contributed by atoms with Gasteiger partial charge in [0.05, 0.1) is 17.8 Å². The van der Waals surface area contributed by atoms with Gasteiger partial charge in [0.15, 0.2) is 6.61 Å². The van der Waals surface area contributed by atoms with E-state index >= 15 is 0 Å². The normalized spacial score (nSPS) is 13.1. The number of nitrogens with one attached hydrogen (secondary N) is 1. The second kappa shape index (κ2) is 6.41. The number of benzene rings is 2. The summed E-state index contributed by atoms with van der Waals surface area (Å²) < 4.78 is 10.4. The average Bonchev–Trinajstić information content (AvgIpc) is 2.58. The lowest BCUT2D eigenvalue weighted by atomic mass is 10.1. The second-order valence-corrected chi connectivity index (χ2v) is 5.63. The number of carbonyl (C=O) groups is 2. The molecule has 7 heteroatoms. The number of fused-ring (bicyclic) bond motifs is 1. The third-order valence-electron chi connectivity index (χ3n) is 3.72. The van der Waals surface area contributed by atoms with Crippen LogP contribution in [-0.2, 0) is 4.79 Å². The topological polar surface area (TPSA) is 67.9 Å². The first kappa shape index (κ1) is 16.1. The highest BCUT2D eigenvalue weighted by molar-refractivity contribution is 6.32. The number of methoxy groups -OCH3 is 1. The van der Waals surface area contributed by atoms with Crippen LogP contribution in [-0.4, -0.2) is 32.6 Å². The van der Waals surface area contributed by atoms with Crippen molar-refractivity contribution in [3.05, 3.63) is 47.0 Å². The molecule has 2 aromatic carbocycles. The van der Waals surface area contributed by atoms with Gasteiger partial charge in [-0.2, -0.15) is 0 Å². The fourth-order valence-electron chi connectivity index (χ4n) is 2.36. The standard InChI is InChI=1S/C17H15ClN2O4/c1-20-13-8-11(4-6-15(13)24-9-16(20)21)19-17(22)10-3-5-14(23-2)12(18)7-10/h3-8H,9H2,1-2H3,(H,19,22). The summed E-state index contributed by atoms with van der Waals surface area (Å²) in [5.74, 6) is 0.639. The molecule has 6 nitrogen and oxygen atoms in total. The van der Waals surface area contributed by atoms with Gasteiger partial charge >= 0.3 is 0 Å². The van der Waals surface area contributed by atoms with Crippen molar-refractivity contribution in [2.45, 2.75) is 0 Å². The molecule has 0 atom stereocenters. The van der Waals surface area contributed by atoms with Gasteiger partial charge in [-0.1, -0.05) is 11.6 Å². The monoisotopic (exact) mass is 346 g/mol. The quantitative estimate of drug-likeness (QED) is 0.927. The highest BCUT2D eigenvalue weighted by Gasteiger charge is 2.22. The SMILES string of the molecule is COc1ccc(C(=O)Nc2ccc3c(c2)N(C)C(=O)CO3)cc1Cl. The Morgan fingerprint density at radius 1 is 1.29 bits per heavy atom. The van der Waals surface area contributed by atoms with Crippen LogP contribution in [0.4, 0.5) is 11.4 Å². The molecule has 1 aliphatic rings. The number of carbonyl (C=O) groups excluding carboxylic acids is 2. The van der Waals surface area contributed by atoms with Gasteiger partial charge in [0.1, 0.15) is 11.5 Å². The first-order valence-corrected chi connectivity index (χ1v) is 7.55. The Balaban J connectivity index is 1.82. The van der Waals surface area contributed by atoms with Crippen LogP contribution in [0.15, 0.2) is 36.4 Å². The number of hydrogen-bond acceptors (Lipinski definition) is 4. The van der Waals surface area contributed by atoms with Gasteiger partial charge in [0.2, 0.25) is 0 Å². The van der Waals surface area contributed by atoms with Crippen molar-refractivity contribution >= 4 is 34.8 Å². The summed E-state index contributed by atoms with van der Waals surface area (Å²) in [6.45, 7) is 0.0134. The largest absolute Gasteiger partial charge is 0.495 e. The molecule has 0 aromatic heterocycles. The van der Waals surface area contributed by atoms with E-state index in [1.807, 2.05) is 0 Å². The number of likely N-dealkylation sites (N-methyl/N-ethyl adjacent to an activating group) is 1. The van der Waals surface area contributed by atoms with Gasteiger partial charge in [-0.15, -0.1) is 0 Å². The number of nitrogens with zero attached hydrogens (tertiary/aromatic N) is 1. The van der Waals surface area contributed by atoms with E-state index in [0.717, 1.165) is 0 Å². The van der Waals surface area contributed by atoms with E-state index in [1.165, 1.54) is 18.1 Å². The summed E-state index contributed by atoms with van der Waals surface area (Å²) in [6.07, 6.45) is 0. The van der Waals surface area contributed by atoms with Crippen molar-refractivity contribution in [2.75, 3.05) is 31.0 Å². The average molecular weight is 347 g/mol. The van der Waals surface area contributed by atoms with Crippen LogP contribution in [0.5, 0.6) is 11.5 Å². The molecule has 1 aliphatic heterocycles. The Morgan fingerprint density at radius 3 is 2.79 bits per heavy atom. The molecule has 0 saturated carbocycles. The zero-order chi connectivity index (χ0) is 17.3. The molecule has 0 saturated heterocycles. The lowest BCUT2D eigenvalue weighted by Gasteiger charge is -2.26. The predicted octanol–water partition coefficient (Wildman–Crippen LogP) is 2.96. The minimum atomic E-state index is -0.315. The minimum Gasteiger partial charge on any atom is -0.495 e. The van der Waals surface area contributed by atoms with Crippen molar-refractivity contribution in [1.82, 2.24) is 0 Å². The van der Waals surface area contributed by atoms with Crippen LogP contribution in [0.1, 0.15) is 10.4 Å². The molecular formula is C17H15ClN2O4. The van der Waals surface area contributed by atoms with Crippen LogP contribution < -0.4 is 19.7 Å². The number of amides is 2. The number of anilines is 2. The first-order chi connectivity index (χ1) is 11.5. The summed E-state index contributed by atoms with van der Waals surface area (Å²) in [7, 11) is 3.17. The molecule has 0 spiro atoms. The maximum atomic E-state index is 12.4. The lowest BCUT2D eigenvalue weighted by molar-refractivity contribution is -0.120. The molecule has 0 fully saturated rings. The van der Waals surface area contributed by atoms with Crippen molar-refractivity contribution in [2.24, 2.45) is 0 Å². The van der Waals surface area contributed by atoms with Gasteiger partial charge in [-0.3, -0.25) is 9.59 Å².